The van der Waals surface area contributed by atoms with Crippen LogP contribution < -0.4 is 0 Å². The second-order valence-electron chi connectivity index (χ2n) is 10.3. The molecule has 0 aromatic carbocycles. The molecule has 0 aliphatic carbocycles. The first-order valence-electron chi connectivity index (χ1n) is 14.4. The molecule has 0 aliphatic heterocycles. The number of hydrogen-bond donors (Lipinski definition) is 2. The van der Waals surface area contributed by atoms with Gasteiger partial charge in [-0.05, 0) is 55.4 Å². The number of hydrogen-bond acceptors (Lipinski definition) is 2. The van der Waals surface area contributed by atoms with Crippen molar-refractivity contribution in [2.24, 2.45) is 0 Å². The van der Waals surface area contributed by atoms with E-state index >= 15 is 0 Å². The number of aliphatic carboxylic acids is 2. The molecule has 4 heteroatoms. The van der Waals surface area contributed by atoms with E-state index < -0.39 is 11.9 Å². The van der Waals surface area contributed by atoms with Crippen LogP contribution in [-0.4, -0.2) is 22.2 Å². The topological polar surface area (TPSA) is 74.6 Å². The van der Waals surface area contributed by atoms with Crippen LogP contribution >= 0.6 is 0 Å². The highest BCUT2D eigenvalue weighted by Gasteiger charge is 1.96. The molecule has 0 aliphatic rings. The van der Waals surface area contributed by atoms with Crippen LogP contribution in [0.5, 0.6) is 0 Å². The summed E-state index contributed by atoms with van der Waals surface area (Å²) in [6.45, 7) is 15.2. The molecule has 4 nitrogen and oxygen atoms in total. The zero-order chi connectivity index (χ0) is 33.3. The first kappa shape index (κ1) is 39.0. The van der Waals surface area contributed by atoms with Gasteiger partial charge in [0.25, 0.3) is 0 Å². The average molecular weight is 593 g/mol. The molecule has 0 radical (unpaired) electrons. The lowest BCUT2D eigenvalue weighted by Crippen LogP contribution is -1.94. The molecule has 0 saturated carbocycles. The Kier molecular flexibility index (Phi) is 20.9. The molecule has 0 fully saturated rings. The lowest BCUT2D eigenvalue weighted by Gasteiger charge is -1.92. The highest BCUT2D eigenvalue weighted by Crippen LogP contribution is 2.05. The molecule has 44 heavy (non-hydrogen) atoms. The molecule has 0 aromatic heterocycles. The fraction of sp³-hybridized carbons (Fsp3) is 0.200. The van der Waals surface area contributed by atoms with Crippen molar-refractivity contribution in [3.05, 3.63) is 178 Å². The quantitative estimate of drug-likeness (QED) is 0.138. The first-order valence-corrected chi connectivity index (χ1v) is 14.4. The van der Waals surface area contributed by atoms with Gasteiger partial charge >= 0.3 is 11.9 Å². The van der Waals surface area contributed by atoms with E-state index in [4.69, 9.17) is 10.2 Å². The van der Waals surface area contributed by atoms with E-state index in [9.17, 15) is 9.59 Å². The summed E-state index contributed by atoms with van der Waals surface area (Å²) in [5.74, 6) is -1.83. The Morgan fingerprint density at radius 3 is 0.705 bits per heavy atom. The van der Waals surface area contributed by atoms with Gasteiger partial charge in [0.05, 0.1) is 0 Å². The van der Waals surface area contributed by atoms with Crippen LogP contribution in [-0.2, 0) is 9.59 Å². The van der Waals surface area contributed by atoms with Crippen LogP contribution in [0.25, 0.3) is 0 Å². The summed E-state index contributed by atoms with van der Waals surface area (Å²) >= 11 is 0. The fourth-order valence-corrected chi connectivity index (χ4v) is 2.99. The summed E-state index contributed by atoms with van der Waals surface area (Å²) in [4.78, 5) is 21.6. The van der Waals surface area contributed by atoms with Gasteiger partial charge in [0.1, 0.15) is 0 Å². The van der Waals surface area contributed by atoms with E-state index in [-0.39, 0.29) is 0 Å². The highest BCUT2D eigenvalue weighted by atomic mass is 16.4. The van der Waals surface area contributed by atoms with E-state index in [1.54, 1.807) is 38.2 Å². The third-order valence-corrected chi connectivity index (χ3v) is 5.79. The van der Waals surface area contributed by atoms with Crippen LogP contribution in [0, 0.1) is 0 Å². The zero-order valence-corrected chi connectivity index (χ0v) is 27.4. The molecule has 0 atom stereocenters. The maximum Gasteiger partial charge on any atom is 0.331 e. The summed E-state index contributed by atoms with van der Waals surface area (Å²) in [6, 6.07) is 0. The van der Waals surface area contributed by atoms with E-state index in [2.05, 4.69) is 38.2 Å². The molecule has 0 rings (SSSR count). The lowest BCUT2D eigenvalue weighted by molar-refractivity contribution is -0.133. The molecular weight excluding hydrogens is 544 g/mol. The molecule has 2 N–H and O–H groups in total. The molecule has 0 aromatic rings. The largest absolute Gasteiger partial charge is 0.478 e. The van der Waals surface area contributed by atoms with Gasteiger partial charge < -0.3 is 10.2 Å². The second-order valence-corrected chi connectivity index (χ2v) is 10.3. The van der Waals surface area contributed by atoms with Crippen molar-refractivity contribution in [3.8, 4) is 0 Å². The Bertz CT molecular complexity index is 1330. The van der Waals surface area contributed by atoms with Crippen LogP contribution in [0.3, 0.4) is 0 Å². The van der Waals surface area contributed by atoms with Gasteiger partial charge in [0, 0.05) is 11.1 Å². The smallest absolute Gasteiger partial charge is 0.331 e. The molecule has 0 unspecified atom stereocenters. The van der Waals surface area contributed by atoms with E-state index in [1.807, 2.05) is 113 Å². The van der Waals surface area contributed by atoms with Crippen molar-refractivity contribution in [2.75, 3.05) is 0 Å². The average Bonchev–Trinajstić information content (AvgIpc) is 2.95. The monoisotopic (exact) mass is 592 g/mol. The third-order valence-electron chi connectivity index (χ3n) is 5.79. The standard InChI is InChI=1S/C40H48O4/c1-31(19-11-21-33(3)23-13-25-35(5)27-15-29-37(7)39(41)42)17-9-10-18-32(2)20-12-22-34(4)24-14-26-36(6)28-16-30-38(8)40(43)44/h9-30H,1-8H3,(H,41,42)(H,43,44)/b10-9+,19-11+,20-12+,23-13+,24-14+,27-15+,28-16+,31-17+,32-18+,33-21+,34-22+,35-25+,36-26+,37-29+,38-30+. The van der Waals surface area contributed by atoms with Crippen molar-refractivity contribution < 1.29 is 19.8 Å². The van der Waals surface area contributed by atoms with Crippen molar-refractivity contribution in [2.45, 2.75) is 55.4 Å². The summed E-state index contributed by atoms with van der Waals surface area (Å²) in [5.41, 5.74) is 7.16. The van der Waals surface area contributed by atoms with E-state index in [0.29, 0.717) is 11.1 Å². The maximum absolute atomic E-state index is 10.8. The highest BCUT2D eigenvalue weighted by molar-refractivity contribution is 5.86. The van der Waals surface area contributed by atoms with E-state index in [1.165, 1.54) is 0 Å². The summed E-state index contributed by atoms with van der Waals surface area (Å²) in [7, 11) is 0. The predicted molar refractivity (Wildman–Crippen MR) is 189 cm³/mol. The van der Waals surface area contributed by atoms with Gasteiger partial charge in [-0.15, -0.1) is 0 Å². The fourth-order valence-electron chi connectivity index (χ4n) is 2.99. The van der Waals surface area contributed by atoms with Crippen LogP contribution in [0.4, 0.5) is 0 Å². The number of carboxylic acids is 2. The predicted octanol–water partition coefficient (Wildman–Crippen LogP) is 10.6. The maximum atomic E-state index is 10.8. The molecule has 0 saturated heterocycles. The summed E-state index contributed by atoms with van der Waals surface area (Å²) in [6.07, 6.45) is 42.8. The van der Waals surface area contributed by atoms with Gasteiger partial charge in [-0.1, -0.05) is 167 Å². The Morgan fingerprint density at radius 1 is 0.318 bits per heavy atom. The minimum Gasteiger partial charge on any atom is -0.478 e. The number of carboxylic acid groups (broad SMARTS) is 2. The molecule has 232 valence electrons. The number of rotatable bonds is 16. The second kappa shape index (κ2) is 23.6. The summed E-state index contributed by atoms with van der Waals surface area (Å²) in [5, 5.41) is 17.7. The Balaban J connectivity index is 4.87. The molecule has 0 bridgehead atoms. The van der Waals surface area contributed by atoms with Crippen molar-refractivity contribution in [1.29, 1.82) is 0 Å². The van der Waals surface area contributed by atoms with Gasteiger partial charge in [-0.25, -0.2) is 9.59 Å². The Morgan fingerprint density at radius 2 is 0.500 bits per heavy atom. The van der Waals surface area contributed by atoms with Crippen molar-refractivity contribution in [3.63, 3.8) is 0 Å². The van der Waals surface area contributed by atoms with Crippen LogP contribution in [0.2, 0.25) is 0 Å². The normalized spacial score (nSPS) is 16.1. The molecule has 0 heterocycles. The van der Waals surface area contributed by atoms with Crippen LogP contribution in [0.1, 0.15) is 55.4 Å². The Hall–Kier alpha value is -4.96. The summed E-state index contributed by atoms with van der Waals surface area (Å²) < 4.78 is 0. The SMILES string of the molecule is CC(/C=C/C=C(C)/C=C/C=C(C)/C=C/C=C(\C)C(=O)O)=C\C=C\C=C(C)\C=C\C=C(C)\C=C\C=C(C)\C=C\C=C(/C)C(=O)O. The van der Waals surface area contributed by atoms with Crippen molar-refractivity contribution >= 4 is 11.9 Å². The Labute approximate surface area is 265 Å². The first-order chi connectivity index (χ1) is 20.8. The number of allylic oxidation sites excluding steroid dienone is 28. The van der Waals surface area contributed by atoms with Gasteiger partial charge in [-0.2, -0.15) is 0 Å². The van der Waals surface area contributed by atoms with E-state index in [0.717, 1.165) is 33.4 Å². The minimum atomic E-state index is -0.914. The molecule has 0 spiro atoms. The lowest BCUT2D eigenvalue weighted by atomic mass is 10.2. The third kappa shape index (κ3) is 22.7. The van der Waals surface area contributed by atoms with Gasteiger partial charge in [0.15, 0.2) is 0 Å². The zero-order valence-electron chi connectivity index (χ0n) is 27.4. The molecular formula is C40H48O4. The van der Waals surface area contributed by atoms with Crippen LogP contribution in [0.15, 0.2) is 178 Å². The van der Waals surface area contributed by atoms with Crippen molar-refractivity contribution in [1.82, 2.24) is 0 Å². The van der Waals surface area contributed by atoms with Gasteiger partial charge in [0.2, 0.25) is 0 Å². The number of carbonyl (C=O) groups is 2. The minimum absolute atomic E-state index is 0.301. The molecule has 0 amide bonds. The van der Waals surface area contributed by atoms with Gasteiger partial charge in [-0.3, -0.25) is 0 Å².